The van der Waals surface area contributed by atoms with Gasteiger partial charge in [0.2, 0.25) is 5.88 Å². The summed E-state index contributed by atoms with van der Waals surface area (Å²) in [6.45, 7) is -0.657. The molecule has 0 N–H and O–H groups in total. The predicted octanol–water partition coefficient (Wildman–Crippen LogP) is 7.62. The number of halogens is 7. The molecule has 3 aromatic carbocycles. The van der Waals surface area contributed by atoms with Crippen molar-refractivity contribution < 1.29 is 57.5 Å². The molecule has 1 unspecified atom stereocenters. The van der Waals surface area contributed by atoms with Gasteiger partial charge in [-0.15, -0.1) is 0 Å². The van der Waals surface area contributed by atoms with Crippen molar-refractivity contribution >= 4 is 27.6 Å². The molecule has 18 heteroatoms. The number of nitrogens with zero attached hydrogens (tertiary/aromatic N) is 3. The molecule has 0 aliphatic carbocycles. The van der Waals surface area contributed by atoms with Gasteiger partial charge in [0.15, 0.2) is 11.0 Å². The van der Waals surface area contributed by atoms with Gasteiger partial charge in [0.05, 0.1) is 49.4 Å². The molecule has 0 saturated carbocycles. The van der Waals surface area contributed by atoms with Crippen LogP contribution < -0.4 is 18.6 Å². The Kier molecular flexibility index (Phi) is 10.7. The van der Waals surface area contributed by atoms with Crippen molar-refractivity contribution in [3.05, 3.63) is 100.0 Å². The Balaban J connectivity index is 1.59. The first-order chi connectivity index (χ1) is 23.5. The van der Waals surface area contributed by atoms with Crippen molar-refractivity contribution in [3.8, 4) is 17.4 Å². The quantitative estimate of drug-likeness (QED) is 0.0501. The zero-order valence-electron chi connectivity index (χ0n) is 26.4. The van der Waals surface area contributed by atoms with Crippen molar-refractivity contribution in [2.24, 2.45) is 0 Å². The molecule has 50 heavy (non-hydrogen) atoms. The van der Waals surface area contributed by atoms with E-state index < -0.39 is 63.8 Å². The fourth-order valence-electron chi connectivity index (χ4n) is 5.23. The maximum absolute atomic E-state index is 16.8. The Morgan fingerprint density at radius 1 is 0.880 bits per heavy atom. The van der Waals surface area contributed by atoms with E-state index in [0.29, 0.717) is 22.6 Å². The first kappa shape index (κ1) is 37.0. The lowest BCUT2D eigenvalue weighted by atomic mass is 9.93. The number of hydrogen-bond acceptors (Lipinski definition) is 10. The van der Waals surface area contributed by atoms with Gasteiger partial charge in [-0.3, -0.25) is 0 Å². The molecule has 0 radical (unpaired) electrons. The van der Waals surface area contributed by atoms with E-state index in [9.17, 15) is 34.8 Å². The highest BCUT2D eigenvalue weighted by Crippen LogP contribution is 2.44. The lowest BCUT2D eigenvalue weighted by Gasteiger charge is -2.31. The van der Waals surface area contributed by atoms with E-state index >= 15 is 4.39 Å². The van der Waals surface area contributed by atoms with E-state index in [4.69, 9.17) is 14.2 Å². The summed E-state index contributed by atoms with van der Waals surface area (Å²) >= 11 is 0.814. The topological polar surface area (TPSA) is 100 Å². The fraction of sp³-hybridized carbons (Fsp3) is 0.312. The summed E-state index contributed by atoms with van der Waals surface area (Å²) in [5.41, 5.74) is -7.31. The summed E-state index contributed by atoms with van der Waals surface area (Å²) in [6, 6.07) is 15.4. The van der Waals surface area contributed by atoms with Crippen LogP contribution in [0.3, 0.4) is 0 Å². The van der Waals surface area contributed by atoms with Gasteiger partial charge in [-0.1, -0.05) is 36.0 Å². The van der Waals surface area contributed by atoms with Crippen LogP contribution in [0.25, 0.3) is 0 Å². The second-order valence-corrected chi connectivity index (χ2v) is 13.1. The Morgan fingerprint density at radius 2 is 1.44 bits per heavy atom. The molecule has 0 spiro atoms. The summed E-state index contributed by atoms with van der Waals surface area (Å²) in [5, 5.41) is -0.229. The molecule has 5 rings (SSSR count). The zero-order chi connectivity index (χ0) is 36.4. The van der Waals surface area contributed by atoms with Gasteiger partial charge < -0.3 is 23.3 Å². The highest BCUT2D eigenvalue weighted by Gasteiger charge is 2.49. The minimum absolute atomic E-state index is 0.0603. The number of rotatable bonds is 11. The van der Waals surface area contributed by atoms with Crippen LogP contribution in [0.2, 0.25) is 0 Å². The summed E-state index contributed by atoms with van der Waals surface area (Å²) in [7, 11) is -3.19. The first-order valence-corrected chi connectivity index (χ1v) is 17.1. The second kappa shape index (κ2) is 14.5. The zero-order valence-corrected chi connectivity index (χ0v) is 28.1. The second-order valence-electron chi connectivity index (χ2n) is 10.8. The average molecular weight is 748 g/mol. The van der Waals surface area contributed by atoms with Crippen LogP contribution in [0.5, 0.6) is 17.4 Å². The van der Waals surface area contributed by atoms with Gasteiger partial charge >= 0.3 is 21.8 Å². The monoisotopic (exact) mass is 747 g/mol. The number of alkyl halides is 6. The summed E-state index contributed by atoms with van der Waals surface area (Å²) in [5.74, 6) is -1.12. The number of aromatic nitrogens is 2. The third kappa shape index (κ3) is 8.02. The molecule has 2 heterocycles. The summed E-state index contributed by atoms with van der Waals surface area (Å²) in [4.78, 5) is 9.41. The van der Waals surface area contributed by atoms with Crippen molar-refractivity contribution in [2.45, 2.75) is 49.1 Å². The third-order valence-electron chi connectivity index (χ3n) is 7.69. The van der Waals surface area contributed by atoms with Gasteiger partial charge in [0.25, 0.3) is 0 Å². The van der Waals surface area contributed by atoms with Crippen LogP contribution in [-0.4, -0.2) is 44.4 Å². The molecule has 9 nitrogen and oxygen atoms in total. The Morgan fingerprint density at radius 3 is 1.92 bits per heavy atom. The normalized spacial score (nSPS) is 15.0. The number of fused-ring (bicyclic) bond motifs is 1. The minimum atomic E-state index is -6.17. The maximum atomic E-state index is 16.8. The van der Waals surface area contributed by atoms with Gasteiger partial charge in [0.1, 0.15) is 11.5 Å². The number of hydrogen-bond donors (Lipinski definition) is 0. The number of ether oxygens (including phenoxy) is 3. The molecule has 0 saturated heterocycles. The number of thioether (sulfide) groups is 1. The van der Waals surface area contributed by atoms with Crippen LogP contribution >= 0.6 is 11.8 Å². The molecular weight excluding hydrogens is 719 g/mol. The Bertz CT molecular complexity index is 1890. The third-order valence-corrected chi connectivity index (χ3v) is 9.18. The van der Waals surface area contributed by atoms with Gasteiger partial charge in [0, 0.05) is 25.1 Å². The van der Waals surface area contributed by atoms with Gasteiger partial charge in [-0.2, -0.15) is 39.7 Å². The number of benzene rings is 3. The van der Waals surface area contributed by atoms with Crippen LogP contribution in [0, 0.1) is 5.82 Å². The van der Waals surface area contributed by atoms with E-state index in [0.717, 1.165) is 23.9 Å². The Labute approximate surface area is 286 Å². The maximum Gasteiger partial charge on any atom is 0.534 e. The summed E-state index contributed by atoms with van der Waals surface area (Å²) in [6.07, 6.45) is -5.82. The molecule has 4 aromatic rings. The minimum Gasteiger partial charge on any atom is -0.497 e. The van der Waals surface area contributed by atoms with E-state index in [2.05, 4.69) is 14.2 Å². The fourth-order valence-corrected chi connectivity index (χ4v) is 6.05. The molecule has 268 valence electrons. The lowest BCUT2D eigenvalue weighted by Crippen LogP contribution is -2.30. The average Bonchev–Trinajstić information content (AvgIpc) is 3.07. The highest BCUT2D eigenvalue weighted by atomic mass is 32.2. The molecule has 0 fully saturated rings. The van der Waals surface area contributed by atoms with E-state index in [-0.39, 0.29) is 35.2 Å². The SMILES string of the molecule is COc1ccc(CN(Cc2ccc(OC)cc2)c2ccc(C(F)(F)F)c(C3Cc4nc(SC)nc(OS(=O)(=O)C(F)(F)F)c4CO3)c2F)cc1. The molecule has 1 aliphatic heterocycles. The molecule has 1 aliphatic rings. The van der Waals surface area contributed by atoms with Crippen molar-refractivity contribution in [2.75, 3.05) is 25.4 Å². The van der Waals surface area contributed by atoms with Crippen LogP contribution in [0.4, 0.5) is 36.4 Å². The van der Waals surface area contributed by atoms with E-state index in [1.807, 2.05) is 0 Å². The largest absolute Gasteiger partial charge is 0.534 e. The van der Waals surface area contributed by atoms with Crippen LogP contribution in [0.15, 0.2) is 65.8 Å². The number of anilines is 1. The van der Waals surface area contributed by atoms with Gasteiger partial charge in [-0.05, 0) is 53.8 Å². The standard InChI is InChI=1S/C32H28F7N3O6S2/c1-45-20-8-4-18(5-9-20)15-42(16-19-6-10-21(46-2)11-7-19)25-13-12-23(31(34,35)36)27(28(25)33)26-14-24-22(17-47-26)29(41-30(40-24)49-3)48-50(43,44)32(37,38)39/h4-13,26H,14-17H2,1-3H3. The molecule has 0 bridgehead atoms. The van der Waals surface area contributed by atoms with Gasteiger partial charge in [-0.25, -0.2) is 9.37 Å². The molecule has 1 aromatic heterocycles. The Hall–Kier alpha value is -4.29. The van der Waals surface area contributed by atoms with Crippen molar-refractivity contribution in [3.63, 3.8) is 0 Å². The van der Waals surface area contributed by atoms with Crippen molar-refractivity contribution in [1.29, 1.82) is 0 Å². The van der Waals surface area contributed by atoms with Crippen LogP contribution in [-0.2, 0) is 47.1 Å². The lowest BCUT2D eigenvalue weighted by molar-refractivity contribution is -0.140. The van der Waals surface area contributed by atoms with Crippen molar-refractivity contribution in [1.82, 2.24) is 9.97 Å². The van der Waals surface area contributed by atoms with Crippen LogP contribution in [0.1, 0.15) is 39.6 Å². The van der Waals surface area contributed by atoms with E-state index in [1.54, 1.807) is 53.4 Å². The summed E-state index contributed by atoms with van der Waals surface area (Å²) < 4.78 is 143. The molecule has 0 amide bonds. The smallest absolute Gasteiger partial charge is 0.497 e. The predicted molar refractivity (Wildman–Crippen MR) is 168 cm³/mol. The highest BCUT2D eigenvalue weighted by molar-refractivity contribution is 7.98. The van der Waals surface area contributed by atoms with E-state index in [1.165, 1.54) is 20.5 Å². The molecule has 1 atom stereocenters. The molecular formula is C32H28F7N3O6S2. The first-order valence-electron chi connectivity index (χ1n) is 14.5. The number of methoxy groups -OCH3 is 2.